The lowest BCUT2D eigenvalue weighted by molar-refractivity contribution is 0.244. The van der Waals surface area contributed by atoms with Gasteiger partial charge >= 0.3 is 0 Å². The molecule has 3 heterocycles. The molecule has 0 aromatic carbocycles. The minimum Gasteiger partial charge on any atom is -0.293 e. The molecule has 0 fully saturated rings. The molecule has 3 rings (SSSR count). The Kier molecular flexibility index (Phi) is 4.48. The summed E-state index contributed by atoms with van der Waals surface area (Å²) in [5.74, 6) is 1.00. The number of hydrogen-bond acceptors (Lipinski definition) is 4. The van der Waals surface area contributed by atoms with Gasteiger partial charge in [-0.1, -0.05) is 6.92 Å². The van der Waals surface area contributed by atoms with E-state index in [9.17, 15) is 0 Å². The lowest BCUT2D eigenvalue weighted by Gasteiger charge is -2.27. The monoisotopic (exact) mass is 351 g/mol. The molecule has 1 aliphatic rings. The maximum Gasteiger partial charge on any atom is 0.128 e. The summed E-state index contributed by atoms with van der Waals surface area (Å²) >= 11 is 5.34. The van der Waals surface area contributed by atoms with Gasteiger partial charge in [0, 0.05) is 54.8 Å². The highest BCUT2D eigenvalue weighted by atomic mass is 79.9. The van der Waals surface area contributed by atoms with E-state index in [0.717, 1.165) is 44.7 Å². The molecular weight excluding hydrogens is 334 g/mol. The van der Waals surface area contributed by atoms with Crippen LogP contribution in [0.3, 0.4) is 0 Å². The normalized spacial score (nSPS) is 15.3. The second-order valence-electron chi connectivity index (χ2n) is 5.17. The van der Waals surface area contributed by atoms with Crippen LogP contribution >= 0.6 is 27.3 Å². The van der Waals surface area contributed by atoms with E-state index >= 15 is 0 Å². The molecule has 0 saturated carbocycles. The van der Waals surface area contributed by atoms with Crippen LogP contribution in [0.5, 0.6) is 0 Å². The van der Waals surface area contributed by atoms with E-state index in [2.05, 4.69) is 44.9 Å². The molecule has 0 saturated heterocycles. The van der Waals surface area contributed by atoms with Crippen LogP contribution in [0.1, 0.15) is 35.3 Å². The van der Waals surface area contributed by atoms with Gasteiger partial charge in [0.25, 0.3) is 0 Å². The first kappa shape index (κ1) is 14.2. The third kappa shape index (κ3) is 3.27. The maximum atomic E-state index is 4.71. The summed E-state index contributed by atoms with van der Waals surface area (Å²) in [4.78, 5) is 13.1. The number of aryl methyl sites for hydroxylation is 1. The molecule has 2 aromatic heterocycles. The van der Waals surface area contributed by atoms with Crippen molar-refractivity contribution in [1.82, 2.24) is 14.9 Å². The van der Waals surface area contributed by atoms with Gasteiger partial charge in [0.05, 0.1) is 3.79 Å². The summed E-state index contributed by atoms with van der Waals surface area (Å²) in [5, 5.41) is 0. The molecule has 5 heteroatoms. The van der Waals surface area contributed by atoms with Crippen molar-refractivity contribution < 1.29 is 0 Å². The second kappa shape index (κ2) is 6.33. The Bertz CT molecular complexity index is 597. The maximum absolute atomic E-state index is 4.71. The van der Waals surface area contributed by atoms with E-state index in [0.29, 0.717) is 0 Å². The van der Waals surface area contributed by atoms with Crippen molar-refractivity contribution in [2.75, 3.05) is 6.54 Å². The number of hydrogen-bond donors (Lipinski definition) is 0. The zero-order chi connectivity index (χ0) is 13.9. The third-order valence-electron chi connectivity index (χ3n) is 3.54. The molecular formula is C15H18BrN3S. The van der Waals surface area contributed by atoms with Gasteiger partial charge in [-0.15, -0.1) is 11.3 Å². The topological polar surface area (TPSA) is 29.0 Å². The molecule has 0 amide bonds. The van der Waals surface area contributed by atoms with Crippen molar-refractivity contribution in [3.8, 4) is 0 Å². The quantitative estimate of drug-likeness (QED) is 0.838. The smallest absolute Gasteiger partial charge is 0.128 e. The summed E-state index contributed by atoms with van der Waals surface area (Å²) in [6.45, 7) is 5.25. The van der Waals surface area contributed by atoms with Crippen LogP contribution in [0.4, 0.5) is 0 Å². The number of fused-ring (bicyclic) bond motifs is 1. The standard InChI is InChI=1S/C15H18BrN3S/c1-2-3-15-17-8-11-9-19(7-6-13(11)18-15)10-12-4-5-14(16)20-12/h4-5,8H,2-3,6-7,9-10H2,1H3. The van der Waals surface area contributed by atoms with Gasteiger partial charge in [0.1, 0.15) is 5.82 Å². The summed E-state index contributed by atoms with van der Waals surface area (Å²) in [6, 6.07) is 4.32. The van der Waals surface area contributed by atoms with Crippen LogP contribution < -0.4 is 0 Å². The predicted molar refractivity (Wildman–Crippen MR) is 85.9 cm³/mol. The van der Waals surface area contributed by atoms with Crippen LogP contribution in [0.2, 0.25) is 0 Å². The molecule has 0 spiro atoms. The number of aromatic nitrogens is 2. The molecule has 0 atom stereocenters. The van der Waals surface area contributed by atoms with Crippen molar-refractivity contribution in [2.45, 2.75) is 39.3 Å². The highest BCUT2D eigenvalue weighted by Gasteiger charge is 2.18. The predicted octanol–water partition coefficient (Wildman–Crippen LogP) is 3.81. The first-order valence-corrected chi connectivity index (χ1v) is 8.66. The highest BCUT2D eigenvalue weighted by Crippen LogP contribution is 2.25. The van der Waals surface area contributed by atoms with Crippen LogP contribution in [-0.2, 0) is 25.9 Å². The fourth-order valence-corrected chi connectivity index (χ4v) is 4.08. The molecule has 0 N–H and O–H groups in total. The Morgan fingerprint density at radius 2 is 2.30 bits per heavy atom. The fraction of sp³-hybridized carbons (Fsp3) is 0.467. The fourth-order valence-electron chi connectivity index (χ4n) is 2.55. The number of halogens is 1. The number of thiophene rings is 1. The van der Waals surface area contributed by atoms with E-state index in [-0.39, 0.29) is 0 Å². The van der Waals surface area contributed by atoms with E-state index < -0.39 is 0 Å². The third-order valence-corrected chi connectivity index (χ3v) is 5.15. The molecule has 2 aromatic rings. The Morgan fingerprint density at radius 3 is 3.05 bits per heavy atom. The summed E-state index contributed by atoms with van der Waals surface area (Å²) < 4.78 is 1.21. The number of rotatable bonds is 4. The van der Waals surface area contributed by atoms with Gasteiger partial charge < -0.3 is 0 Å². The Morgan fingerprint density at radius 1 is 1.40 bits per heavy atom. The van der Waals surface area contributed by atoms with Crippen LogP contribution in [-0.4, -0.2) is 21.4 Å². The minimum absolute atomic E-state index is 0.970. The lowest BCUT2D eigenvalue weighted by Crippen LogP contribution is -2.30. The summed E-state index contributed by atoms with van der Waals surface area (Å²) in [7, 11) is 0. The molecule has 20 heavy (non-hydrogen) atoms. The largest absolute Gasteiger partial charge is 0.293 e. The minimum atomic E-state index is 0.970. The van der Waals surface area contributed by atoms with Gasteiger partial charge in [-0.3, -0.25) is 4.90 Å². The zero-order valence-corrected chi connectivity index (χ0v) is 14.0. The van der Waals surface area contributed by atoms with Gasteiger partial charge in [0.2, 0.25) is 0 Å². The highest BCUT2D eigenvalue weighted by molar-refractivity contribution is 9.11. The van der Waals surface area contributed by atoms with Gasteiger partial charge in [-0.05, 0) is 34.5 Å². The SMILES string of the molecule is CCCc1ncc2c(n1)CCN(Cc1ccc(Br)s1)C2. The van der Waals surface area contributed by atoms with Crippen molar-refractivity contribution in [3.05, 3.63) is 44.1 Å². The van der Waals surface area contributed by atoms with Crippen molar-refractivity contribution in [3.63, 3.8) is 0 Å². The molecule has 0 bridgehead atoms. The van der Waals surface area contributed by atoms with Crippen LogP contribution in [0.15, 0.2) is 22.1 Å². The van der Waals surface area contributed by atoms with E-state index in [1.807, 2.05) is 17.5 Å². The molecule has 1 aliphatic heterocycles. The first-order valence-electron chi connectivity index (χ1n) is 7.05. The van der Waals surface area contributed by atoms with Gasteiger partial charge in [-0.25, -0.2) is 9.97 Å². The Labute approximate surface area is 132 Å². The van der Waals surface area contributed by atoms with E-state index in [1.165, 1.54) is 19.9 Å². The van der Waals surface area contributed by atoms with Crippen LogP contribution in [0, 0.1) is 0 Å². The van der Waals surface area contributed by atoms with Crippen molar-refractivity contribution in [2.24, 2.45) is 0 Å². The molecule has 0 radical (unpaired) electrons. The second-order valence-corrected chi connectivity index (χ2v) is 7.72. The zero-order valence-electron chi connectivity index (χ0n) is 11.6. The molecule has 106 valence electrons. The average Bonchev–Trinajstić information content (AvgIpc) is 2.85. The molecule has 3 nitrogen and oxygen atoms in total. The van der Waals surface area contributed by atoms with E-state index in [1.54, 1.807) is 0 Å². The Hall–Kier alpha value is -0.780. The summed E-state index contributed by atoms with van der Waals surface area (Å²) in [6.07, 6.45) is 5.17. The average molecular weight is 352 g/mol. The molecule has 0 unspecified atom stereocenters. The lowest BCUT2D eigenvalue weighted by atomic mass is 10.1. The van der Waals surface area contributed by atoms with Gasteiger partial charge in [0.15, 0.2) is 0 Å². The molecule has 0 aliphatic carbocycles. The first-order chi connectivity index (χ1) is 9.74. The van der Waals surface area contributed by atoms with Crippen molar-refractivity contribution in [1.29, 1.82) is 0 Å². The number of nitrogens with zero attached hydrogens (tertiary/aromatic N) is 3. The van der Waals surface area contributed by atoms with Crippen molar-refractivity contribution >= 4 is 27.3 Å². The van der Waals surface area contributed by atoms with Crippen LogP contribution in [0.25, 0.3) is 0 Å². The van der Waals surface area contributed by atoms with Gasteiger partial charge in [-0.2, -0.15) is 0 Å². The van der Waals surface area contributed by atoms with E-state index in [4.69, 9.17) is 4.98 Å². The summed E-state index contributed by atoms with van der Waals surface area (Å²) in [5.41, 5.74) is 2.55. The Balaban J connectivity index is 1.69.